The molecule has 0 aromatic heterocycles. The lowest BCUT2D eigenvalue weighted by molar-refractivity contribution is -0.115. The van der Waals surface area contributed by atoms with Gasteiger partial charge in [-0.25, -0.2) is 0 Å². The zero-order valence-electron chi connectivity index (χ0n) is 16.4. The number of methoxy groups -OCH3 is 1. The molecule has 3 aromatic rings. The predicted octanol–water partition coefficient (Wildman–Crippen LogP) is 4.90. The third-order valence-corrected chi connectivity index (χ3v) is 4.61. The summed E-state index contributed by atoms with van der Waals surface area (Å²) in [5, 5.41) is 3.02. The van der Waals surface area contributed by atoms with E-state index in [2.05, 4.69) is 35.3 Å². The van der Waals surface area contributed by atoms with E-state index >= 15 is 0 Å². The molecule has 144 valence electrons. The molecule has 0 heterocycles. The van der Waals surface area contributed by atoms with Gasteiger partial charge in [0.1, 0.15) is 5.75 Å². The van der Waals surface area contributed by atoms with E-state index in [0.717, 1.165) is 29.1 Å². The van der Waals surface area contributed by atoms with E-state index in [1.165, 1.54) is 5.56 Å². The Bertz CT molecular complexity index is 892. The number of aryl methyl sites for hydroxylation is 1. The highest BCUT2D eigenvalue weighted by molar-refractivity contribution is 5.94. The standard InChI is InChI=1S/C24H26N2O2/c1-3-19-10-7-11-21(16-19)25-24(27)18-26(17-20-8-5-4-6-9-20)22-12-14-23(28-2)15-13-22/h4-16H,3,17-18H2,1-2H3,(H,25,27). The normalized spacial score (nSPS) is 10.4. The molecule has 3 aromatic carbocycles. The largest absolute Gasteiger partial charge is 0.497 e. The number of ether oxygens (including phenoxy) is 1. The first kappa shape index (κ1) is 19.5. The fraction of sp³-hybridized carbons (Fsp3) is 0.208. The number of nitrogens with one attached hydrogen (secondary N) is 1. The Balaban J connectivity index is 1.76. The van der Waals surface area contributed by atoms with Crippen molar-refractivity contribution in [3.8, 4) is 5.75 Å². The molecule has 0 bridgehead atoms. The number of anilines is 2. The highest BCUT2D eigenvalue weighted by Gasteiger charge is 2.13. The van der Waals surface area contributed by atoms with Crippen LogP contribution in [0.1, 0.15) is 18.1 Å². The molecule has 0 aliphatic carbocycles. The smallest absolute Gasteiger partial charge is 0.243 e. The van der Waals surface area contributed by atoms with Crippen molar-refractivity contribution in [3.63, 3.8) is 0 Å². The van der Waals surface area contributed by atoms with Crippen LogP contribution < -0.4 is 15.0 Å². The second kappa shape index (κ2) is 9.60. The highest BCUT2D eigenvalue weighted by atomic mass is 16.5. The fourth-order valence-corrected chi connectivity index (χ4v) is 3.08. The van der Waals surface area contributed by atoms with Crippen LogP contribution in [0.15, 0.2) is 78.9 Å². The van der Waals surface area contributed by atoms with Crippen LogP contribution in [-0.2, 0) is 17.8 Å². The number of amides is 1. The minimum atomic E-state index is -0.0417. The van der Waals surface area contributed by atoms with Gasteiger partial charge in [-0.1, -0.05) is 49.4 Å². The number of benzene rings is 3. The molecule has 4 heteroatoms. The number of carbonyl (C=O) groups is 1. The molecule has 0 aliphatic heterocycles. The van der Waals surface area contributed by atoms with Crippen LogP contribution in [0.25, 0.3) is 0 Å². The molecule has 0 aliphatic rings. The maximum absolute atomic E-state index is 12.7. The van der Waals surface area contributed by atoms with Crippen LogP contribution >= 0.6 is 0 Å². The van der Waals surface area contributed by atoms with E-state index < -0.39 is 0 Å². The third-order valence-electron chi connectivity index (χ3n) is 4.61. The lowest BCUT2D eigenvalue weighted by Crippen LogP contribution is -2.33. The van der Waals surface area contributed by atoms with E-state index in [-0.39, 0.29) is 12.5 Å². The number of carbonyl (C=O) groups excluding carboxylic acids is 1. The van der Waals surface area contributed by atoms with E-state index in [1.54, 1.807) is 7.11 Å². The first-order chi connectivity index (χ1) is 13.7. The van der Waals surface area contributed by atoms with Crippen LogP contribution in [-0.4, -0.2) is 19.6 Å². The maximum Gasteiger partial charge on any atom is 0.243 e. The van der Waals surface area contributed by atoms with Crippen molar-refractivity contribution >= 4 is 17.3 Å². The first-order valence-electron chi connectivity index (χ1n) is 9.49. The quantitative estimate of drug-likeness (QED) is 0.609. The molecule has 0 saturated carbocycles. The lowest BCUT2D eigenvalue weighted by atomic mass is 10.1. The fourth-order valence-electron chi connectivity index (χ4n) is 3.08. The van der Waals surface area contributed by atoms with Gasteiger partial charge in [-0.2, -0.15) is 0 Å². The van der Waals surface area contributed by atoms with Crippen molar-refractivity contribution in [2.24, 2.45) is 0 Å². The number of hydrogen-bond acceptors (Lipinski definition) is 3. The van der Waals surface area contributed by atoms with Gasteiger partial charge in [-0.05, 0) is 53.9 Å². The maximum atomic E-state index is 12.7. The summed E-state index contributed by atoms with van der Waals surface area (Å²) in [6.45, 7) is 3.01. The topological polar surface area (TPSA) is 41.6 Å². The molecule has 0 atom stereocenters. The van der Waals surface area contributed by atoms with Gasteiger partial charge in [-0.3, -0.25) is 4.79 Å². The van der Waals surface area contributed by atoms with Crippen molar-refractivity contribution in [2.75, 3.05) is 23.9 Å². The van der Waals surface area contributed by atoms with Crippen molar-refractivity contribution in [3.05, 3.63) is 90.0 Å². The molecule has 0 unspecified atom stereocenters. The van der Waals surface area contributed by atoms with Gasteiger partial charge in [-0.15, -0.1) is 0 Å². The Morgan fingerprint density at radius 3 is 2.32 bits per heavy atom. The number of nitrogens with zero attached hydrogens (tertiary/aromatic N) is 1. The van der Waals surface area contributed by atoms with Crippen molar-refractivity contribution in [2.45, 2.75) is 19.9 Å². The van der Waals surface area contributed by atoms with Crippen LogP contribution in [0.3, 0.4) is 0 Å². The molecule has 3 rings (SSSR count). The van der Waals surface area contributed by atoms with Gasteiger partial charge in [0, 0.05) is 17.9 Å². The monoisotopic (exact) mass is 374 g/mol. The molecule has 0 spiro atoms. The minimum absolute atomic E-state index is 0.0417. The Kier molecular flexibility index (Phi) is 6.68. The first-order valence-corrected chi connectivity index (χ1v) is 9.49. The Morgan fingerprint density at radius 1 is 0.929 bits per heavy atom. The molecule has 28 heavy (non-hydrogen) atoms. The van der Waals surface area contributed by atoms with Gasteiger partial charge in [0.25, 0.3) is 0 Å². The van der Waals surface area contributed by atoms with Crippen molar-refractivity contribution in [1.82, 2.24) is 0 Å². The molecule has 0 saturated heterocycles. The summed E-state index contributed by atoms with van der Waals surface area (Å²) in [4.78, 5) is 14.8. The molecule has 0 radical (unpaired) electrons. The van der Waals surface area contributed by atoms with Gasteiger partial charge >= 0.3 is 0 Å². The number of rotatable bonds is 8. The summed E-state index contributed by atoms with van der Waals surface area (Å²) >= 11 is 0. The zero-order valence-corrected chi connectivity index (χ0v) is 16.4. The zero-order chi connectivity index (χ0) is 19.8. The molecular weight excluding hydrogens is 348 g/mol. The summed E-state index contributed by atoms with van der Waals surface area (Å²) in [6, 6.07) is 25.9. The Hall–Kier alpha value is -3.27. The second-order valence-corrected chi connectivity index (χ2v) is 6.64. The van der Waals surface area contributed by atoms with Gasteiger partial charge in [0.05, 0.1) is 13.7 Å². The van der Waals surface area contributed by atoms with Crippen LogP contribution in [0.5, 0.6) is 5.75 Å². The van der Waals surface area contributed by atoms with Crippen LogP contribution in [0.2, 0.25) is 0 Å². The van der Waals surface area contributed by atoms with Crippen molar-refractivity contribution in [1.29, 1.82) is 0 Å². The molecule has 0 fully saturated rings. The van der Waals surface area contributed by atoms with E-state index in [4.69, 9.17) is 4.74 Å². The molecule has 1 amide bonds. The van der Waals surface area contributed by atoms with Gasteiger partial charge in [0.2, 0.25) is 5.91 Å². The highest BCUT2D eigenvalue weighted by Crippen LogP contribution is 2.21. The Morgan fingerprint density at radius 2 is 1.64 bits per heavy atom. The second-order valence-electron chi connectivity index (χ2n) is 6.64. The predicted molar refractivity (Wildman–Crippen MR) is 115 cm³/mol. The van der Waals surface area contributed by atoms with E-state index in [0.29, 0.717) is 6.54 Å². The molecular formula is C24H26N2O2. The van der Waals surface area contributed by atoms with Crippen molar-refractivity contribution < 1.29 is 9.53 Å². The summed E-state index contributed by atoms with van der Waals surface area (Å²) < 4.78 is 5.25. The van der Waals surface area contributed by atoms with Gasteiger partial charge < -0.3 is 15.0 Å². The SMILES string of the molecule is CCc1cccc(NC(=O)CN(Cc2ccccc2)c2ccc(OC)cc2)c1. The number of hydrogen-bond donors (Lipinski definition) is 1. The summed E-state index contributed by atoms with van der Waals surface area (Å²) in [6.07, 6.45) is 0.940. The Labute approximate surface area is 166 Å². The summed E-state index contributed by atoms with van der Waals surface area (Å²) in [5.74, 6) is 0.754. The van der Waals surface area contributed by atoms with Crippen LogP contribution in [0, 0.1) is 0 Å². The van der Waals surface area contributed by atoms with Gasteiger partial charge in [0.15, 0.2) is 0 Å². The molecule has 1 N–H and O–H groups in total. The molecule has 4 nitrogen and oxygen atoms in total. The van der Waals surface area contributed by atoms with Crippen LogP contribution in [0.4, 0.5) is 11.4 Å². The van der Waals surface area contributed by atoms with E-state index in [1.807, 2.05) is 60.7 Å². The summed E-state index contributed by atoms with van der Waals surface area (Å²) in [5.41, 5.74) is 4.16. The average molecular weight is 374 g/mol. The third kappa shape index (κ3) is 5.36. The lowest BCUT2D eigenvalue weighted by Gasteiger charge is -2.25. The summed E-state index contributed by atoms with van der Waals surface area (Å²) in [7, 11) is 1.65. The minimum Gasteiger partial charge on any atom is -0.497 e. The average Bonchev–Trinajstić information content (AvgIpc) is 2.74. The van der Waals surface area contributed by atoms with E-state index in [9.17, 15) is 4.79 Å².